The monoisotopic (exact) mass is 441 g/mol. The van der Waals surface area contributed by atoms with Gasteiger partial charge in [-0.15, -0.1) is 0 Å². The first-order chi connectivity index (χ1) is 16.0. The molecule has 3 unspecified atom stereocenters. The van der Waals surface area contributed by atoms with Crippen LogP contribution < -0.4 is 5.32 Å². The predicted octanol–water partition coefficient (Wildman–Crippen LogP) is 3.20. The number of rotatable bonds is 1. The molecule has 4 heterocycles. The molecule has 0 spiro atoms. The maximum absolute atomic E-state index is 13.1. The maximum atomic E-state index is 13.1. The van der Waals surface area contributed by atoms with Crippen LogP contribution in [0.5, 0.6) is 0 Å². The average molecular weight is 441 g/mol. The number of benzene rings is 3. The number of amides is 1. The normalized spacial score (nSPS) is 24.7. The number of carbonyl (C=O) groups excluding carboxylic acids is 1. The van der Waals surface area contributed by atoms with Gasteiger partial charge in [-0.3, -0.25) is 4.79 Å². The summed E-state index contributed by atoms with van der Waals surface area (Å²) in [6.07, 6.45) is -2.26. The molecule has 3 aromatic carbocycles. The molecular weight excluding hydrogens is 418 g/mol. The van der Waals surface area contributed by atoms with E-state index >= 15 is 0 Å². The average Bonchev–Trinajstić information content (AvgIpc) is 3.48. The quantitative estimate of drug-likeness (QED) is 0.373. The van der Waals surface area contributed by atoms with E-state index in [0.29, 0.717) is 12.1 Å². The van der Waals surface area contributed by atoms with Gasteiger partial charge in [-0.2, -0.15) is 0 Å². The van der Waals surface area contributed by atoms with Crippen molar-refractivity contribution < 1.29 is 19.7 Å². The second kappa shape index (κ2) is 6.14. The molecule has 1 amide bonds. The Morgan fingerprint density at radius 2 is 1.67 bits per heavy atom. The van der Waals surface area contributed by atoms with Crippen LogP contribution in [-0.4, -0.2) is 44.6 Å². The zero-order chi connectivity index (χ0) is 22.6. The Morgan fingerprint density at radius 1 is 1.00 bits per heavy atom. The summed E-state index contributed by atoms with van der Waals surface area (Å²) in [5.41, 5.74) is 4.04. The van der Waals surface area contributed by atoms with E-state index in [1.54, 1.807) is 7.11 Å². The first-order valence-electron chi connectivity index (χ1n) is 11.2. The van der Waals surface area contributed by atoms with Gasteiger partial charge < -0.3 is 29.4 Å². The summed E-state index contributed by atoms with van der Waals surface area (Å²) < 4.78 is 10.0. The fourth-order valence-electron chi connectivity index (χ4n) is 6.17. The van der Waals surface area contributed by atoms with Crippen LogP contribution in [0.25, 0.3) is 43.6 Å². The highest BCUT2D eigenvalue weighted by Gasteiger charge is 2.45. The zero-order valence-electron chi connectivity index (χ0n) is 18.3. The van der Waals surface area contributed by atoms with Crippen molar-refractivity contribution in [1.82, 2.24) is 14.5 Å². The molecule has 7 heteroatoms. The molecular formula is C26H23N3O4. The van der Waals surface area contributed by atoms with Crippen molar-refractivity contribution in [3.05, 3.63) is 59.7 Å². The molecule has 0 aliphatic carbocycles. The van der Waals surface area contributed by atoms with Gasteiger partial charge in [0.2, 0.25) is 0 Å². The minimum absolute atomic E-state index is 0.0798. The summed E-state index contributed by atoms with van der Waals surface area (Å²) in [6, 6.07) is 15.9. The van der Waals surface area contributed by atoms with Gasteiger partial charge in [-0.25, -0.2) is 0 Å². The molecule has 7 nitrogen and oxygen atoms in total. The van der Waals surface area contributed by atoms with Crippen LogP contribution in [0.1, 0.15) is 22.8 Å². The first kappa shape index (κ1) is 19.1. The predicted molar refractivity (Wildman–Crippen MR) is 126 cm³/mol. The van der Waals surface area contributed by atoms with E-state index in [1.165, 1.54) is 0 Å². The summed E-state index contributed by atoms with van der Waals surface area (Å²) in [4.78, 5) is 13.1. The van der Waals surface area contributed by atoms with Crippen molar-refractivity contribution in [3.63, 3.8) is 0 Å². The summed E-state index contributed by atoms with van der Waals surface area (Å²) in [5.74, 6) is -0.0798. The number of fused-ring (bicyclic) bond motifs is 9. The smallest absolute Gasteiger partial charge is 0.252 e. The van der Waals surface area contributed by atoms with E-state index in [2.05, 4.69) is 9.88 Å². The summed E-state index contributed by atoms with van der Waals surface area (Å²) in [6.45, 7) is 2.44. The molecule has 2 aliphatic heterocycles. The van der Waals surface area contributed by atoms with Crippen molar-refractivity contribution in [1.29, 1.82) is 0 Å². The number of nitrogens with one attached hydrogen (secondary N) is 1. The van der Waals surface area contributed by atoms with E-state index in [9.17, 15) is 15.0 Å². The number of methoxy groups -OCH3 is 1. The van der Waals surface area contributed by atoms with E-state index in [4.69, 9.17) is 4.74 Å². The highest BCUT2D eigenvalue weighted by molar-refractivity contribution is 6.30. The van der Waals surface area contributed by atoms with Gasteiger partial charge in [-0.05, 0) is 24.6 Å². The molecule has 0 bridgehead atoms. The van der Waals surface area contributed by atoms with Crippen LogP contribution in [0.2, 0.25) is 0 Å². The van der Waals surface area contributed by atoms with Crippen LogP contribution in [-0.2, 0) is 23.6 Å². The van der Waals surface area contributed by atoms with Crippen molar-refractivity contribution >= 4 is 49.5 Å². The highest BCUT2D eigenvalue weighted by Crippen LogP contribution is 2.48. The number of para-hydroxylation sites is 2. The maximum Gasteiger partial charge on any atom is 0.252 e. The highest BCUT2D eigenvalue weighted by atomic mass is 16.5. The van der Waals surface area contributed by atoms with Crippen molar-refractivity contribution in [2.75, 3.05) is 7.11 Å². The summed E-state index contributed by atoms with van der Waals surface area (Å²) >= 11 is 0. The van der Waals surface area contributed by atoms with Gasteiger partial charge in [0.1, 0.15) is 12.2 Å². The van der Waals surface area contributed by atoms with Crippen LogP contribution >= 0.6 is 0 Å². The van der Waals surface area contributed by atoms with Crippen molar-refractivity contribution in [2.45, 2.75) is 37.9 Å². The number of nitrogens with zero attached hydrogens (tertiary/aromatic N) is 2. The Hall–Kier alpha value is -3.39. The largest absolute Gasteiger partial charge is 0.388 e. The molecule has 166 valence electrons. The molecule has 2 aromatic heterocycles. The van der Waals surface area contributed by atoms with E-state index < -0.39 is 17.9 Å². The second-order valence-electron chi connectivity index (χ2n) is 9.23. The molecule has 0 saturated carbocycles. The lowest BCUT2D eigenvalue weighted by Gasteiger charge is -2.40. The Balaban J connectivity index is 1.90. The van der Waals surface area contributed by atoms with E-state index in [0.717, 1.165) is 49.2 Å². The Bertz CT molecular complexity index is 1660. The molecule has 2 aliphatic rings. The number of hydrogen-bond donors (Lipinski definition) is 3. The van der Waals surface area contributed by atoms with Crippen LogP contribution in [0, 0.1) is 0 Å². The SMILES string of the molecule is COC1(C)C(O)C(O)Cn2c3ccccc3c3c4c(c5c6ccccc6n1c5c32)CNC4=O. The lowest BCUT2D eigenvalue weighted by atomic mass is 9.96. The molecule has 0 radical (unpaired) electrons. The number of carbonyl (C=O) groups is 1. The fourth-order valence-corrected chi connectivity index (χ4v) is 6.17. The molecule has 3 atom stereocenters. The van der Waals surface area contributed by atoms with Crippen molar-refractivity contribution in [2.24, 2.45) is 0 Å². The Labute approximate surface area is 188 Å². The first-order valence-corrected chi connectivity index (χ1v) is 11.2. The van der Waals surface area contributed by atoms with Gasteiger partial charge in [0.15, 0.2) is 5.72 Å². The Morgan fingerprint density at radius 3 is 2.39 bits per heavy atom. The molecule has 3 N–H and O–H groups in total. The summed E-state index contributed by atoms with van der Waals surface area (Å²) in [7, 11) is 1.56. The molecule has 33 heavy (non-hydrogen) atoms. The molecule has 0 fully saturated rings. The minimum Gasteiger partial charge on any atom is -0.388 e. The summed E-state index contributed by atoms with van der Waals surface area (Å²) in [5, 5.41) is 29.4. The molecule has 0 saturated heterocycles. The Kier molecular flexibility index (Phi) is 3.55. The van der Waals surface area contributed by atoms with Crippen molar-refractivity contribution in [3.8, 4) is 0 Å². The van der Waals surface area contributed by atoms with Gasteiger partial charge in [0.05, 0.1) is 28.7 Å². The van der Waals surface area contributed by atoms with E-state index in [1.807, 2.05) is 60.0 Å². The minimum atomic E-state index is -1.22. The molecule has 7 rings (SSSR count). The number of aliphatic hydroxyl groups is 2. The fraction of sp³-hybridized carbons (Fsp3) is 0.269. The van der Waals surface area contributed by atoms with Gasteiger partial charge in [0, 0.05) is 40.7 Å². The molecule has 5 aromatic rings. The third-order valence-electron chi connectivity index (χ3n) is 7.72. The number of aromatic nitrogens is 2. The van der Waals surface area contributed by atoms with Gasteiger partial charge in [-0.1, -0.05) is 36.4 Å². The number of hydrogen-bond acceptors (Lipinski definition) is 4. The van der Waals surface area contributed by atoms with Crippen LogP contribution in [0.3, 0.4) is 0 Å². The lowest BCUT2D eigenvalue weighted by Crippen LogP contribution is -2.52. The zero-order valence-corrected chi connectivity index (χ0v) is 18.3. The van der Waals surface area contributed by atoms with Crippen LogP contribution in [0.15, 0.2) is 48.5 Å². The van der Waals surface area contributed by atoms with Gasteiger partial charge in [0.25, 0.3) is 5.91 Å². The third-order valence-corrected chi connectivity index (χ3v) is 7.72. The second-order valence-corrected chi connectivity index (χ2v) is 9.23. The van der Waals surface area contributed by atoms with Crippen LogP contribution in [0.4, 0.5) is 0 Å². The lowest BCUT2D eigenvalue weighted by molar-refractivity contribution is -0.179. The number of ether oxygens (including phenoxy) is 1. The standard InChI is InChI=1S/C26H23N3O4/c1-26(33-2)24(31)18(30)12-28-16-9-5-3-7-13(16)20-21-15(11-27-25(21)32)19-14-8-4-6-10-17(14)29(26)23(19)22(20)28/h3-10,18,24,30-31H,11-12H2,1-2H3,(H,27,32). The topological polar surface area (TPSA) is 88.7 Å². The van der Waals surface area contributed by atoms with Gasteiger partial charge >= 0.3 is 0 Å². The third kappa shape index (κ3) is 2.08. The number of aliphatic hydroxyl groups excluding tert-OH is 2. The van der Waals surface area contributed by atoms with E-state index in [-0.39, 0.29) is 12.5 Å².